The number of hydrogen-bond donors (Lipinski definition) is 2. The highest BCUT2D eigenvalue weighted by molar-refractivity contribution is 5.50. The molecule has 5 rings (SSSR count). The number of nitrogens with two attached hydrogens (primary N) is 2. The zero-order chi connectivity index (χ0) is 31.1. The fourth-order valence-corrected chi connectivity index (χ4v) is 7.97. The van der Waals surface area contributed by atoms with Crippen LogP contribution in [0.15, 0.2) is 84.9 Å². The van der Waals surface area contributed by atoms with Crippen molar-refractivity contribution >= 4 is 11.4 Å². The lowest BCUT2D eigenvalue weighted by Gasteiger charge is -2.39. The molecule has 1 saturated carbocycles. The van der Waals surface area contributed by atoms with Crippen molar-refractivity contribution in [1.29, 1.82) is 0 Å². The Morgan fingerprint density at radius 1 is 0.568 bits per heavy atom. The summed E-state index contributed by atoms with van der Waals surface area (Å²) >= 11 is 0. The summed E-state index contributed by atoms with van der Waals surface area (Å²) in [6.07, 6.45) is 13.6. The van der Waals surface area contributed by atoms with E-state index < -0.39 is 0 Å². The van der Waals surface area contributed by atoms with Gasteiger partial charge in [0.15, 0.2) is 0 Å². The van der Waals surface area contributed by atoms with Crippen LogP contribution in [0.25, 0.3) is 0 Å². The zero-order valence-electron chi connectivity index (χ0n) is 27.7. The van der Waals surface area contributed by atoms with Crippen molar-refractivity contribution in [3.05, 3.63) is 129 Å². The fourth-order valence-electron chi connectivity index (χ4n) is 7.97. The Balaban J connectivity index is 1.48. The molecule has 2 heteroatoms. The van der Waals surface area contributed by atoms with E-state index in [1.54, 1.807) is 0 Å². The number of rotatable bonds is 12. The van der Waals surface area contributed by atoms with Gasteiger partial charge in [-0.3, -0.25) is 0 Å². The standard InChI is InChI=1S/C42H54N2/c1-5-7-12-40(38-24-22-36(43)28-30(38)3)32-14-18-34(19-15-32)42(26-10-9-11-27-42)35-20-16-33(17-21-35)41(13-8-6-2)39-25-23-37(44)29-31(39)4/h14-25,28-29,40-41H,5-13,26-27,43-44H2,1-4H3. The van der Waals surface area contributed by atoms with Gasteiger partial charge in [-0.05, 0) is 108 Å². The van der Waals surface area contributed by atoms with E-state index in [0.29, 0.717) is 11.8 Å². The molecule has 232 valence electrons. The number of anilines is 2. The summed E-state index contributed by atoms with van der Waals surface area (Å²) in [4.78, 5) is 0. The van der Waals surface area contributed by atoms with E-state index in [1.807, 2.05) is 0 Å². The van der Waals surface area contributed by atoms with E-state index in [2.05, 4.69) is 113 Å². The van der Waals surface area contributed by atoms with Crippen LogP contribution in [0.5, 0.6) is 0 Å². The Morgan fingerprint density at radius 2 is 0.977 bits per heavy atom. The summed E-state index contributed by atoms with van der Waals surface area (Å²) < 4.78 is 0. The highest BCUT2D eigenvalue weighted by Gasteiger charge is 2.36. The van der Waals surface area contributed by atoms with Gasteiger partial charge in [0, 0.05) is 28.6 Å². The van der Waals surface area contributed by atoms with E-state index in [0.717, 1.165) is 11.4 Å². The molecule has 1 aliphatic rings. The summed E-state index contributed by atoms with van der Waals surface area (Å²) in [5.41, 5.74) is 25.3. The molecule has 2 atom stereocenters. The molecule has 4 aromatic carbocycles. The van der Waals surface area contributed by atoms with Gasteiger partial charge in [0.25, 0.3) is 0 Å². The monoisotopic (exact) mass is 586 g/mol. The first-order chi connectivity index (χ1) is 21.4. The Labute approximate surface area is 267 Å². The van der Waals surface area contributed by atoms with Crippen LogP contribution in [0.1, 0.15) is 141 Å². The van der Waals surface area contributed by atoms with Gasteiger partial charge in [-0.1, -0.05) is 119 Å². The lowest BCUT2D eigenvalue weighted by Crippen LogP contribution is -2.30. The van der Waals surface area contributed by atoms with Crippen LogP contribution in [-0.2, 0) is 5.41 Å². The van der Waals surface area contributed by atoms with E-state index in [4.69, 9.17) is 11.5 Å². The van der Waals surface area contributed by atoms with Gasteiger partial charge in [-0.25, -0.2) is 0 Å². The highest BCUT2D eigenvalue weighted by atomic mass is 14.5. The molecule has 0 heterocycles. The Morgan fingerprint density at radius 3 is 1.34 bits per heavy atom. The Hall–Kier alpha value is -3.52. The molecule has 4 N–H and O–H groups in total. The quantitative estimate of drug-likeness (QED) is 0.162. The number of aryl methyl sites for hydroxylation is 2. The van der Waals surface area contributed by atoms with E-state index >= 15 is 0 Å². The maximum absolute atomic E-state index is 6.12. The van der Waals surface area contributed by atoms with Crippen molar-refractivity contribution in [1.82, 2.24) is 0 Å². The number of hydrogen-bond acceptors (Lipinski definition) is 2. The predicted molar refractivity (Wildman–Crippen MR) is 191 cm³/mol. The van der Waals surface area contributed by atoms with Gasteiger partial charge < -0.3 is 11.5 Å². The zero-order valence-corrected chi connectivity index (χ0v) is 27.7. The van der Waals surface area contributed by atoms with Gasteiger partial charge in [-0.15, -0.1) is 0 Å². The molecule has 44 heavy (non-hydrogen) atoms. The summed E-state index contributed by atoms with van der Waals surface area (Å²) in [5, 5.41) is 0. The minimum atomic E-state index is 0.0847. The summed E-state index contributed by atoms with van der Waals surface area (Å²) in [7, 11) is 0. The minimum absolute atomic E-state index is 0.0847. The largest absolute Gasteiger partial charge is 0.399 e. The first kappa shape index (κ1) is 31.9. The van der Waals surface area contributed by atoms with Gasteiger partial charge in [0.05, 0.1) is 0 Å². The van der Waals surface area contributed by atoms with Gasteiger partial charge in [0.2, 0.25) is 0 Å². The van der Waals surface area contributed by atoms with E-state index in [1.165, 1.54) is 115 Å². The van der Waals surface area contributed by atoms with Crippen molar-refractivity contribution in [3.8, 4) is 0 Å². The van der Waals surface area contributed by atoms with E-state index in [-0.39, 0.29) is 5.41 Å². The average molecular weight is 587 g/mol. The molecule has 0 aliphatic heterocycles. The number of nitrogen functional groups attached to an aromatic ring is 2. The molecule has 4 aromatic rings. The second kappa shape index (κ2) is 14.5. The third-order valence-electron chi connectivity index (χ3n) is 10.5. The number of benzene rings is 4. The lowest BCUT2D eigenvalue weighted by atomic mass is 9.65. The second-order valence-corrected chi connectivity index (χ2v) is 13.5. The Kier molecular flexibility index (Phi) is 10.5. The van der Waals surface area contributed by atoms with E-state index in [9.17, 15) is 0 Å². The molecule has 0 aromatic heterocycles. The molecule has 0 spiro atoms. The first-order valence-corrected chi connectivity index (χ1v) is 17.3. The van der Waals surface area contributed by atoms with Crippen molar-refractivity contribution < 1.29 is 0 Å². The minimum Gasteiger partial charge on any atom is -0.399 e. The summed E-state index contributed by atoms with van der Waals surface area (Å²) in [6.45, 7) is 9.00. The lowest BCUT2D eigenvalue weighted by molar-refractivity contribution is 0.346. The fraction of sp³-hybridized carbons (Fsp3) is 0.429. The number of unbranched alkanes of at least 4 members (excludes halogenated alkanes) is 2. The third kappa shape index (κ3) is 6.90. The first-order valence-electron chi connectivity index (χ1n) is 17.3. The molecule has 2 unspecified atom stereocenters. The Bertz CT molecular complexity index is 1380. The molecule has 2 nitrogen and oxygen atoms in total. The highest BCUT2D eigenvalue weighted by Crippen LogP contribution is 2.46. The topological polar surface area (TPSA) is 52.0 Å². The molecule has 0 amide bonds. The van der Waals surface area contributed by atoms with Crippen LogP contribution < -0.4 is 11.5 Å². The SMILES string of the molecule is CCCCC(c1ccc(C2(c3ccc(C(CCCC)c4ccc(N)cc4C)cc3)CCCCC2)cc1)c1ccc(N)cc1C. The molecular formula is C42H54N2. The van der Waals surface area contributed by atoms with Crippen molar-refractivity contribution in [2.24, 2.45) is 0 Å². The van der Waals surface area contributed by atoms with Gasteiger partial charge >= 0.3 is 0 Å². The maximum atomic E-state index is 6.12. The molecule has 0 bridgehead atoms. The van der Waals surface area contributed by atoms with Crippen molar-refractivity contribution in [2.75, 3.05) is 11.5 Å². The van der Waals surface area contributed by atoms with Crippen LogP contribution in [0.3, 0.4) is 0 Å². The van der Waals surface area contributed by atoms with Gasteiger partial charge in [-0.2, -0.15) is 0 Å². The second-order valence-electron chi connectivity index (χ2n) is 13.5. The summed E-state index contributed by atoms with van der Waals surface area (Å²) in [5.74, 6) is 0.811. The van der Waals surface area contributed by atoms with Crippen LogP contribution in [0, 0.1) is 13.8 Å². The van der Waals surface area contributed by atoms with Crippen molar-refractivity contribution in [2.45, 2.75) is 116 Å². The smallest absolute Gasteiger partial charge is 0.0316 e. The summed E-state index contributed by atoms with van der Waals surface area (Å²) in [6, 6.07) is 32.5. The molecule has 1 fully saturated rings. The third-order valence-corrected chi connectivity index (χ3v) is 10.5. The van der Waals surface area contributed by atoms with Crippen LogP contribution in [0.2, 0.25) is 0 Å². The molecule has 0 radical (unpaired) electrons. The maximum Gasteiger partial charge on any atom is 0.0316 e. The van der Waals surface area contributed by atoms with Crippen LogP contribution >= 0.6 is 0 Å². The average Bonchev–Trinajstić information content (AvgIpc) is 3.04. The normalized spacial score (nSPS) is 16.0. The molecular weight excluding hydrogens is 532 g/mol. The predicted octanol–water partition coefficient (Wildman–Crippen LogP) is 11.4. The van der Waals surface area contributed by atoms with Crippen LogP contribution in [0.4, 0.5) is 11.4 Å². The molecule has 1 aliphatic carbocycles. The van der Waals surface area contributed by atoms with Gasteiger partial charge in [0.1, 0.15) is 0 Å². The van der Waals surface area contributed by atoms with Crippen LogP contribution in [-0.4, -0.2) is 0 Å². The molecule has 0 saturated heterocycles. The van der Waals surface area contributed by atoms with Crippen molar-refractivity contribution in [3.63, 3.8) is 0 Å².